The Hall–Kier alpha value is -1.15. The van der Waals surface area contributed by atoms with E-state index in [1.54, 1.807) is 0 Å². The zero-order chi connectivity index (χ0) is 14.0. The second-order valence-electron chi connectivity index (χ2n) is 6.30. The first-order valence-corrected chi connectivity index (χ1v) is 7.24. The van der Waals surface area contributed by atoms with Gasteiger partial charge in [-0.15, -0.1) is 0 Å². The molecule has 0 aromatic heterocycles. The largest absolute Gasteiger partial charge is 0.297 e. The molecule has 0 unspecified atom stereocenters. The predicted molar refractivity (Wildman–Crippen MR) is 79.6 cm³/mol. The van der Waals surface area contributed by atoms with Crippen LogP contribution in [-0.4, -0.2) is 30.3 Å². The Balaban J connectivity index is 2.29. The van der Waals surface area contributed by atoms with Crippen molar-refractivity contribution < 1.29 is 4.79 Å². The van der Waals surface area contributed by atoms with Gasteiger partial charge in [-0.1, -0.05) is 36.8 Å². The van der Waals surface area contributed by atoms with Gasteiger partial charge in [0.05, 0.1) is 5.54 Å². The summed E-state index contributed by atoms with van der Waals surface area (Å²) in [7, 11) is 4.09. The van der Waals surface area contributed by atoms with E-state index >= 15 is 0 Å². The second kappa shape index (κ2) is 5.46. The van der Waals surface area contributed by atoms with E-state index in [0.717, 1.165) is 37.2 Å². The summed E-state index contributed by atoms with van der Waals surface area (Å²) in [5.74, 6) is 1.04. The molecule has 1 fully saturated rings. The van der Waals surface area contributed by atoms with E-state index in [1.807, 2.05) is 38.4 Å². The molecule has 19 heavy (non-hydrogen) atoms. The number of nitrogens with zero attached hydrogens (tertiary/aromatic N) is 1. The highest BCUT2D eigenvalue weighted by molar-refractivity contribution is 6.03. The Kier molecular flexibility index (Phi) is 4.10. The van der Waals surface area contributed by atoms with Crippen LogP contribution in [0.4, 0.5) is 0 Å². The standard InChI is InChI=1S/C17H25NO/c1-13-5-7-15(8-6-13)16(19)17(18(3)4)11-9-14(2)10-12-17/h5-8,14H,9-12H2,1-4H3. The molecule has 0 aliphatic heterocycles. The molecule has 1 saturated carbocycles. The number of carbonyl (C=O) groups is 1. The number of benzene rings is 1. The minimum atomic E-state index is -0.290. The van der Waals surface area contributed by atoms with Gasteiger partial charge < -0.3 is 0 Å². The van der Waals surface area contributed by atoms with Crippen molar-refractivity contribution in [3.63, 3.8) is 0 Å². The number of rotatable bonds is 3. The third-order valence-electron chi connectivity index (χ3n) is 4.69. The molecule has 1 aromatic rings. The lowest BCUT2D eigenvalue weighted by Crippen LogP contribution is -2.53. The molecular weight excluding hydrogens is 234 g/mol. The summed E-state index contributed by atoms with van der Waals surface area (Å²) >= 11 is 0. The summed E-state index contributed by atoms with van der Waals surface area (Å²) in [6, 6.07) is 8.01. The first-order chi connectivity index (χ1) is 8.95. The van der Waals surface area contributed by atoms with Crippen LogP contribution in [0.5, 0.6) is 0 Å². The zero-order valence-corrected chi connectivity index (χ0v) is 12.6. The fourth-order valence-corrected chi connectivity index (χ4v) is 3.09. The van der Waals surface area contributed by atoms with E-state index in [0.29, 0.717) is 5.78 Å². The molecule has 104 valence electrons. The van der Waals surface area contributed by atoms with Gasteiger partial charge in [0, 0.05) is 5.56 Å². The van der Waals surface area contributed by atoms with Crippen molar-refractivity contribution in [1.29, 1.82) is 0 Å². The van der Waals surface area contributed by atoms with E-state index in [1.165, 1.54) is 5.56 Å². The summed E-state index contributed by atoms with van der Waals surface area (Å²) < 4.78 is 0. The highest BCUT2D eigenvalue weighted by Gasteiger charge is 2.42. The quantitative estimate of drug-likeness (QED) is 0.772. The van der Waals surface area contributed by atoms with Crippen molar-refractivity contribution in [2.75, 3.05) is 14.1 Å². The van der Waals surface area contributed by atoms with Crippen molar-refractivity contribution in [1.82, 2.24) is 4.90 Å². The van der Waals surface area contributed by atoms with Gasteiger partial charge in [-0.2, -0.15) is 0 Å². The first-order valence-electron chi connectivity index (χ1n) is 7.24. The van der Waals surface area contributed by atoms with Gasteiger partial charge in [-0.3, -0.25) is 9.69 Å². The number of Topliss-reactive ketones (excluding diaryl/α,β-unsaturated/α-hetero) is 1. The lowest BCUT2D eigenvalue weighted by Gasteiger charge is -2.43. The molecule has 0 bridgehead atoms. The normalized spacial score (nSPS) is 27.5. The van der Waals surface area contributed by atoms with Crippen molar-refractivity contribution in [3.8, 4) is 0 Å². The van der Waals surface area contributed by atoms with E-state index < -0.39 is 0 Å². The van der Waals surface area contributed by atoms with Crippen molar-refractivity contribution >= 4 is 5.78 Å². The van der Waals surface area contributed by atoms with Crippen molar-refractivity contribution in [2.45, 2.75) is 45.1 Å². The maximum absolute atomic E-state index is 12.9. The Morgan fingerprint density at radius 1 is 1.16 bits per heavy atom. The van der Waals surface area contributed by atoms with E-state index in [4.69, 9.17) is 0 Å². The van der Waals surface area contributed by atoms with Gasteiger partial charge in [0.1, 0.15) is 0 Å². The van der Waals surface area contributed by atoms with E-state index in [2.05, 4.69) is 18.7 Å². The van der Waals surface area contributed by atoms with Crippen LogP contribution < -0.4 is 0 Å². The van der Waals surface area contributed by atoms with Crippen LogP contribution in [0.3, 0.4) is 0 Å². The summed E-state index contributed by atoms with van der Waals surface area (Å²) in [6.07, 6.45) is 4.26. The lowest BCUT2D eigenvalue weighted by atomic mass is 9.72. The second-order valence-corrected chi connectivity index (χ2v) is 6.30. The minimum Gasteiger partial charge on any atom is -0.297 e. The Bertz CT molecular complexity index is 439. The molecular formula is C17H25NO. The number of hydrogen-bond acceptors (Lipinski definition) is 2. The van der Waals surface area contributed by atoms with Gasteiger partial charge in [-0.25, -0.2) is 0 Å². The van der Waals surface area contributed by atoms with Crippen LogP contribution in [0.2, 0.25) is 0 Å². The first kappa shape index (κ1) is 14.3. The van der Waals surface area contributed by atoms with Gasteiger partial charge in [0.25, 0.3) is 0 Å². The van der Waals surface area contributed by atoms with Gasteiger partial charge in [0.15, 0.2) is 5.78 Å². The number of ketones is 1. The lowest BCUT2D eigenvalue weighted by molar-refractivity contribution is 0.0513. The number of likely N-dealkylation sites (N-methyl/N-ethyl adjacent to an activating group) is 1. The van der Waals surface area contributed by atoms with Crippen molar-refractivity contribution in [3.05, 3.63) is 35.4 Å². The number of carbonyl (C=O) groups excluding carboxylic acids is 1. The summed E-state index contributed by atoms with van der Waals surface area (Å²) in [6.45, 7) is 4.34. The van der Waals surface area contributed by atoms with Crippen LogP contribution in [0.15, 0.2) is 24.3 Å². The average Bonchev–Trinajstić information content (AvgIpc) is 2.39. The fraction of sp³-hybridized carbons (Fsp3) is 0.588. The topological polar surface area (TPSA) is 20.3 Å². The van der Waals surface area contributed by atoms with E-state index in [9.17, 15) is 4.79 Å². The molecule has 1 aromatic carbocycles. The van der Waals surface area contributed by atoms with Crippen LogP contribution in [0.1, 0.15) is 48.5 Å². The third kappa shape index (κ3) is 2.74. The Labute approximate surface area is 116 Å². The van der Waals surface area contributed by atoms with Gasteiger partial charge >= 0.3 is 0 Å². The fourth-order valence-electron chi connectivity index (χ4n) is 3.09. The molecule has 2 rings (SSSR count). The monoisotopic (exact) mass is 259 g/mol. The van der Waals surface area contributed by atoms with Crippen LogP contribution >= 0.6 is 0 Å². The molecule has 0 saturated heterocycles. The highest BCUT2D eigenvalue weighted by Crippen LogP contribution is 2.37. The molecule has 0 spiro atoms. The molecule has 0 N–H and O–H groups in total. The molecule has 1 aliphatic rings. The van der Waals surface area contributed by atoms with Crippen LogP contribution in [0.25, 0.3) is 0 Å². The molecule has 0 radical (unpaired) electrons. The van der Waals surface area contributed by atoms with Crippen LogP contribution in [-0.2, 0) is 0 Å². The Morgan fingerprint density at radius 2 is 1.68 bits per heavy atom. The smallest absolute Gasteiger partial charge is 0.183 e. The molecule has 0 amide bonds. The number of hydrogen-bond donors (Lipinski definition) is 0. The predicted octanol–water partition coefficient (Wildman–Crippen LogP) is 3.69. The molecule has 1 aliphatic carbocycles. The summed E-state index contributed by atoms with van der Waals surface area (Å²) in [5, 5.41) is 0. The average molecular weight is 259 g/mol. The third-order valence-corrected chi connectivity index (χ3v) is 4.69. The van der Waals surface area contributed by atoms with Gasteiger partial charge in [0.2, 0.25) is 0 Å². The maximum atomic E-state index is 12.9. The van der Waals surface area contributed by atoms with Crippen LogP contribution in [0, 0.1) is 12.8 Å². The molecule has 0 atom stereocenters. The Morgan fingerprint density at radius 3 is 2.16 bits per heavy atom. The summed E-state index contributed by atoms with van der Waals surface area (Å²) in [4.78, 5) is 15.1. The van der Waals surface area contributed by atoms with Crippen molar-refractivity contribution in [2.24, 2.45) is 5.92 Å². The molecule has 2 heteroatoms. The highest BCUT2D eigenvalue weighted by atomic mass is 16.1. The van der Waals surface area contributed by atoms with Gasteiger partial charge in [-0.05, 0) is 52.6 Å². The maximum Gasteiger partial charge on any atom is 0.183 e. The molecule has 0 heterocycles. The van der Waals surface area contributed by atoms with E-state index in [-0.39, 0.29) is 5.54 Å². The minimum absolute atomic E-state index is 0.290. The molecule has 2 nitrogen and oxygen atoms in total. The zero-order valence-electron chi connectivity index (χ0n) is 12.6. The SMILES string of the molecule is Cc1ccc(C(=O)C2(N(C)C)CCC(C)CC2)cc1. The number of aryl methyl sites for hydroxylation is 1. The summed E-state index contributed by atoms with van der Waals surface area (Å²) in [5.41, 5.74) is 1.77.